The first-order valence-corrected chi connectivity index (χ1v) is 19.6. The summed E-state index contributed by atoms with van der Waals surface area (Å²) < 4.78 is 0. The van der Waals surface area contributed by atoms with Gasteiger partial charge in [-0.3, -0.25) is 31.5 Å². The predicted octanol–water partition coefficient (Wildman–Crippen LogP) is 5.21. The molecule has 0 aromatic heterocycles. The fraction of sp³-hybridized carbons (Fsp3) is 1.00. The van der Waals surface area contributed by atoms with E-state index in [1.807, 2.05) is 0 Å². The Morgan fingerprint density at radius 2 is 0.674 bits per heavy atom. The van der Waals surface area contributed by atoms with Crippen LogP contribution in [-0.4, -0.2) is 60.8 Å². The molecule has 0 aromatic rings. The minimum atomic E-state index is 0.485. The quantitative estimate of drug-likeness (QED) is 0.266. The first-order chi connectivity index (χ1) is 21.1. The zero-order valence-corrected chi connectivity index (χ0v) is 27.7. The Balaban J connectivity index is 1.10. The molecule has 6 heteroatoms. The molecule has 3 aliphatic heterocycles. The van der Waals surface area contributed by atoms with E-state index in [9.17, 15) is 0 Å². The van der Waals surface area contributed by atoms with Crippen molar-refractivity contribution in [3.8, 4) is 0 Å². The van der Waals surface area contributed by atoms with E-state index in [1.54, 1.807) is 0 Å². The van der Waals surface area contributed by atoms with Gasteiger partial charge in [0.05, 0.1) is 24.7 Å². The first kappa shape index (κ1) is 28.9. The van der Waals surface area contributed by atoms with Gasteiger partial charge in [-0.15, -0.1) is 0 Å². The van der Waals surface area contributed by atoms with Crippen molar-refractivity contribution in [1.29, 1.82) is 0 Å². The molecule has 242 valence electrons. The number of fused-ring (bicyclic) bond motifs is 20. The zero-order chi connectivity index (χ0) is 28.8. The second-order valence-electron chi connectivity index (χ2n) is 17.6. The Morgan fingerprint density at radius 1 is 0.372 bits per heavy atom. The van der Waals surface area contributed by atoms with Gasteiger partial charge in [-0.25, -0.2) is 0 Å². The molecule has 9 rings (SSSR count). The molecule has 43 heavy (non-hydrogen) atoms. The Labute approximate surface area is 262 Å². The summed E-state index contributed by atoms with van der Waals surface area (Å²) in [5.41, 5.74) is 0. The molecular weight excluding hydrogens is 528 g/mol. The minimum absolute atomic E-state index is 0.485. The lowest BCUT2D eigenvalue weighted by molar-refractivity contribution is 0.109. The molecule has 3 saturated heterocycles. The average molecular weight is 593 g/mol. The van der Waals surface area contributed by atoms with Gasteiger partial charge < -0.3 is 0 Å². The molecular formula is C37H64N6. The van der Waals surface area contributed by atoms with Gasteiger partial charge >= 0.3 is 0 Å². The van der Waals surface area contributed by atoms with Crippen molar-refractivity contribution in [2.24, 2.45) is 59.2 Å². The van der Waals surface area contributed by atoms with Crippen LogP contribution in [0.2, 0.25) is 0 Å². The molecule has 6 saturated carbocycles. The maximum atomic E-state index is 4.54. The molecule has 0 amide bonds. The van der Waals surface area contributed by atoms with Crippen LogP contribution in [0.4, 0.5) is 0 Å². The van der Waals surface area contributed by atoms with Crippen LogP contribution in [-0.2, 0) is 0 Å². The van der Waals surface area contributed by atoms with Crippen LogP contribution >= 0.6 is 0 Å². The summed E-state index contributed by atoms with van der Waals surface area (Å²) in [6.45, 7) is 5.27. The van der Waals surface area contributed by atoms with Crippen molar-refractivity contribution in [2.75, 3.05) is 7.05 Å². The van der Waals surface area contributed by atoms with Gasteiger partial charge in [-0.1, -0.05) is 65.2 Å². The average Bonchev–Trinajstić information content (AvgIpc) is 3.69. The highest BCUT2D eigenvalue weighted by molar-refractivity contribution is 5.12. The third-order valence-corrected chi connectivity index (χ3v) is 16.0. The van der Waals surface area contributed by atoms with Crippen molar-refractivity contribution < 1.29 is 0 Å². The molecule has 5 N–H and O–H groups in total. The van der Waals surface area contributed by atoms with E-state index in [-0.39, 0.29) is 0 Å². The smallest absolute Gasteiger partial charge is 0.0642 e. The van der Waals surface area contributed by atoms with Crippen LogP contribution in [0.5, 0.6) is 0 Å². The van der Waals surface area contributed by atoms with E-state index < -0.39 is 0 Å². The van der Waals surface area contributed by atoms with Crippen molar-refractivity contribution in [1.82, 2.24) is 31.5 Å². The highest BCUT2D eigenvalue weighted by atomic mass is 15.4. The second-order valence-corrected chi connectivity index (χ2v) is 17.6. The van der Waals surface area contributed by atoms with Crippen molar-refractivity contribution in [2.45, 2.75) is 165 Å². The third kappa shape index (κ3) is 4.60. The third-order valence-electron chi connectivity index (χ3n) is 16.0. The van der Waals surface area contributed by atoms with Crippen LogP contribution in [0.3, 0.4) is 0 Å². The normalized spacial score (nSPS) is 58.4. The number of hydrogen-bond acceptors (Lipinski definition) is 6. The van der Waals surface area contributed by atoms with Crippen LogP contribution < -0.4 is 26.6 Å². The molecule has 3 heterocycles. The van der Waals surface area contributed by atoms with Gasteiger partial charge in [-0.05, 0) is 118 Å². The fourth-order valence-electron chi connectivity index (χ4n) is 14.1. The Morgan fingerprint density at radius 3 is 1.05 bits per heavy atom. The van der Waals surface area contributed by atoms with E-state index in [1.165, 1.54) is 103 Å². The summed E-state index contributed by atoms with van der Waals surface area (Å²) in [6.07, 6.45) is 25.0. The summed E-state index contributed by atoms with van der Waals surface area (Å²) in [4.78, 5) is 2.85. The molecule has 0 spiro atoms. The molecule has 0 radical (unpaired) electrons. The molecule has 9 aliphatic rings. The van der Waals surface area contributed by atoms with Crippen molar-refractivity contribution >= 4 is 0 Å². The highest BCUT2D eigenvalue weighted by Crippen LogP contribution is 2.51. The van der Waals surface area contributed by atoms with Crippen LogP contribution in [0.1, 0.15) is 117 Å². The highest BCUT2D eigenvalue weighted by Gasteiger charge is 2.58. The number of rotatable bonds is 0. The van der Waals surface area contributed by atoms with Gasteiger partial charge in [0.15, 0.2) is 0 Å². The lowest BCUT2D eigenvalue weighted by Crippen LogP contribution is -2.58. The molecule has 6 aliphatic carbocycles. The van der Waals surface area contributed by atoms with Crippen LogP contribution in [0.25, 0.3) is 0 Å². The first-order valence-electron chi connectivity index (χ1n) is 19.6. The fourth-order valence-corrected chi connectivity index (χ4v) is 14.1. The van der Waals surface area contributed by atoms with Gasteiger partial charge in [-0.2, -0.15) is 0 Å². The number of hydrogen-bond donors (Lipinski definition) is 5. The minimum Gasteiger partial charge on any atom is -0.298 e. The summed E-state index contributed by atoms with van der Waals surface area (Å²) in [5, 5.41) is 22.3. The van der Waals surface area contributed by atoms with Crippen molar-refractivity contribution in [3.63, 3.8) is 0 Å². The van der Waals surface area contributed by atoms with E-state index >= 15 is 0 Å². The lowest BCUT2D eigenvalue weighted by Gasteiger charge is -2.38. The number of nitrogens with one attached hydrogen (secondary N) is 5. The summed E-state index contributed by atoms with van der Waals surface area (Å²) in [5.74, 6) is 7.96. The van der Waals surface area contributed by atoms with Crippen molar-refractivity contribution in [3.05, 3.63) is 0 Å². The van der Waals surface area contributed by atoms with E-state index in [2.05, 4.69) is 52.4 Å². The zero-order valence-electron chi connectivity index (χ0n) is 27.7. The van der Waals surface area contributed by atoms with E-state index in [0.29, 0.717) is 60.7 Å². The van der Waals surface area contributed by atoms with Crippen LogP contribution in [0.15, 0.2) is 0 Å². The Bertz CT molecular complexity index is 930. The summed E-state index contributed by atoms with van der Waals surface area (Å²) >= 11 is 0. The molecule has 8 bridgehead atoms. The van der Waals surface area contributed by atoms with Gasteiger partial charge in [0, 0.05) is 24.2 Å². The summed E-state index contributed by atoms with van der Waals surface area (Å²) in [6, 6.07) is 2.60. The monoisotopic (exact) mass is 593 g/mol. The Hall–Kier alpha value is -0.240. The molecule has 18 atom stereocenters. The second kappa shape index (κ2) is 11.5. The van der Waals surface area contributed by atoms with E-state index in [4.69, 9.17) is 0 Å². The van der Waals surface area contributed by atoms with Crippen LogP contribution in [0, 0.1) is 59.2 Å². The molecule has 9 fully saturated rings. The molecule has 18 unspecified atom stereocenters. The van der Waals surface area contributed by atoms with Gasteiger partial charge in [0.25, 0.3) is 0 Å². The largest absolute Gasteiger partial charge is 0.298 e. The standard InChI is InChI=1S/C37H64N6/c1-20-30-22-12-4-6-14-24(22)32(20)40-36-28-18-10-11-19-29(28)37(43(36)3)41-33-21(2)31(23-13-5-7-15-25(23)33)39-35-27-17-9-8-16-26(27)34(38-30)42-35/h20-42H,4-19H2,1-3H3. The van der Waals surface area contributed by atoms with E-state index in [0.717, 1.165) is 47.3 Å². The SMILES string of the molecule is CC1C2NC3NC(NC4C(C)C(NC5C6CCCCC6C(NC1C1CCCCC12)N5C)C1CCCCC14)C1CCCCC31. The molecule has 6 nitrogen and oxygen atoms in total. The predicted molar refractivity (Wildman–Crippen MR) is 174 cm³/mol. The lowest BCUT2D eigenvalue weighted by atomic mass is 9.76. The maximum Gasteiger partial charge on any atom is 0.0642 e. The maximum absolute atomic E-state index is 4.54. The topological polar surface area (TPSA) is 63.4 Å². The summed E-state index contributed by atoms with van der Waals surface area (Å²) in [7, 11) is 2.51. The number of nitrogens with zero attached hydrogens (tertiary/aromatic N) is 1. The molecule has 0 aromatic carbocycles. The van der Waals surface area contributed by atoms with Gasteiger partial charge in [0.2, 0.25) is 0 Å². The Kier molecular flexibility index (Phi) is 7.72. The van der Waals surface area contributed by atoms with Gasteiger partial charge in [0.1, 0.15) is 0 Å².